The van der Waals surface area contributed by atoms with Gasteiger partial charge in [-0.25, -0.2) is 4.98 Å². The Morgan fingerprint density at radius 3 is 2.94 bits per heavy atom. The number of nitrogens with one attached hydrogen (secondary N) is 1. The molecule has 0 spiro atoms. The summed E-state index contributed by atoms with van der Waals surface area (Å²) in [5.41, 5.74) is -0.144. The quantitative estimate of drug-likeness (QED) is 0.645. The van der Waals surface area contributed by atoms with Crippen molar-refractivity contribution >= 4 is 5.82 Å². The number of H-pyrrole nitrogens is 1. The normalized spacial score (nSPS) is 10.5. The second-order valence-corrected chi connectivity index (χ2v) is 3.66. The van der Waals surface area contributed by atoms with Gasteiger partial charge in [-0.2, -0.15) is 0 Å². The molecule has 0 radical (unpaired) electrons. The molecule has 0 saturated heterocycles. The number of ether oxygens (including phenoxy) is 1. The number of aliphatic hydroxyl groups is 1. The molecule has 6 heteroatoms. The Bertz CT molecular complexity index is 392. The summed E-state index contributed by atoms with van der Waals surface area (Å²) in [6.07, 6.45) is 0.692. The molecule has 96 valence electrons. The van der Waals surface area contributed by atoms with Gasteiger partial charge in [0.25, 0.3) is 5.56 Å². The van der Waals surface area contributed by atoms with Crippen molar-refractivity contribution in [2.45, 2.75) is 13.3 Å². The molecular weight excluding hydrogens is 222 g/mol. The van der Waals surface area contributed by atoms with Gasteiger partial charge < -0.3 is 19.7 Å². The molecule has 0 atom stereocenters. The molecule has 6 nitrogen and oxygen atoms in total. The fraction of sp³-hybridized carbons (Fsp3) is 0.636. The maximum atomic E-state index is 11.4. The second kappa shape index (κ2) is 7.03. The van der Waals surface area contributed by atoms with Gasteiger partial charge in [-0.05, 0) is 0 Å². The van der Waals surface area contributed by atoms with Crippen LogP contribution in [0.5, 0.6) is 0 Å². The summed E-state index contributed by atoms with van der Waals surface area (Å²) in [6.45, 7) is 3.41. The van der Waals surface area contributed by atoms with E-state index in [1.54, 1.807) is 0 Å². The third kappa shape index (κ3) is 4.54. The van der Waals surface area contributed by atoms with Crippen LogP contribution in [0.1, 0.15) is 12.7 Å². The van der Waals surface area contributed by atoms with E-state index in [4.69, 9.17) is 9.84 Å². The largest absolute Gasteiger partial charge is 0.394 e. The highest BCUT2D eigenvalue weighted by Crippen LogP contribution is 2.05. The number of likely N-dealkylation sites (N-methyl/N-ethyl adjacent to an activating group) is 1. The van der Waals surface area contributed by atoms with Gasteiger partial charge in [-0.1, -0.05) is 6.92 Å². The number of aromatic amines is 1. The van der Waals surface area contributed by atoms with Crippen LogP contribution in [-0.4, -0.2) is 48.5 Å². The molecule has 1 aromatic heterocycles. The zero-order valence-electron chi connectivity index (χ0n) is 10.3. The summed E-state index contributed by atoms with van der Waals surface area (Å²) < 4.78 is 5.16. The number of rotatable bonds is 7. The van der Waals surface area contributed by atoms with E-state index >= 15 is 0 Å². The lowest BCUT2D eigenvalue weighted by atomic mass is 10.4. The Hall–Kier alpha value is -1.40. The Morgan fingerprint density at radius 2 is 2.29 bits per heavy atom. The van der Waals surface area contributed by atoms with Gasteiger partial charge in [0.15, 0.2) is 0 Å². The monoisotopic (exact) mass is 241 g/mol. The van der Waals surface area contributed by atoms with Crippen molar-refractivity contribution < 1.29 is 9.84 Å². The van der Waals surface area contributed by atoms with E-state index in [0.717, 1.165) is 0 Å². The summed E-state index contributed by atoms with van der Waals surface area (Å²) >= 11 is 0. The zero-order chi connectivity index (χ0) is 12.7. The van der Waals surface area contributed by atoms with Crippen LogP contribution in [0, 0.1) is 0 Å². The molecule has 0 aromatic carbocycles. The first-order valence-corrected chi connectivity index (χ1v) is 5.67. The Kier molecular flexibility index (Phi) is 5.65. The number of hydrogen-bond acceptors (Lipinski definition) is 5. The molecule has 1 aromatic rings. The van der Waals surface area contributed by atoms with Crippen LogP contribution in [0.25, 0.3) is 0 Å². The van der Waals surface area contributed by atoms with Crippen molar-refractivity contribution in [2.75, 3.05) is 38.3 Å². The number of nitrogens with zero attached hydrogens (tertiary/aromatic N) is 2. The topological polar surface area (TPSA) is 78.5 Å². The second-order valence-electron chi connectivity index (χ2n) is 3.66. The molecule has 0 aliphatic carbocycles. The summed E-state index contributed by atoms with van der Waals surface area (Å²) in [5.74, 6) is 1.31. The highest BCUT2D eigenvalue weighted by atomic mass is 16.5. The van der Waals surface area contributed by atoms with Crippen molar-refractivity contribution in [2.24, 2.45) is 0 Å². The molecule has 0 bridgehead atoms. The Morgan fingerprint density at radius 1 is 1.53 bits per heavy atom. The summed E-state index contributed by atoms with van der Waals surface area (Å²) in [4.78, 5) is 20.2. The molecule has 17 heavy (non-hydrogen) atoms. The van der Waals surface area contributed by atoms with Crippen LogP contribution in [0.4, 0.5) is 5.82 Å². The van der Waals surface area contributed by atoms with Crippen LogP contribution < -0.4 is 10.5 Å². The van der Waals surface area contributed by atoms with Crippen LogP contribution in [0.15, 0.2) is 10.9 Å². The number of hydrogen-bond donors (Lipinski definition) is 2. The van der Waals surface area contributed by atoms with E-state index in [0.29, 0.717) is 37.8 Å². The van der Waals surface area contributed by atoms with Crippen molar-refractivity contribution in [3.63, 3.8) is 0 Å². The maximum Gasteiger partial charge on any atom is 0.252 e. The number of aromatic nitrogens is 2. The maximum absolute atomic E-state index is 11.4. The molecule has 0 saturated carbocycles. The third-order valence-electron chi connectivity index (χ3n) is 2.31. The predicted octanol–water partition coefficient (Wildman–Crippen LogP) is -0.223. The third-order valence-corrected chi connectivity index (χ3v) is 2.31. The van der Waals surface area contributed by atoms with E-state index in [1.807, 2.05) is 18.9 Å². The van der Waals surface area contributed by atoms with E-state index in [1.165, 1.54) is 6.07 Å². The van der Waals surface area contributed by atoms with E-state index in [9.17, 15) is 4.79 Å². The standard InChI is InChI=1S/C11H19N3O3/c1-3-9-12-10(8-11(16)13-9)14(2)4-6-17-7-5-15/h8,15H,3-7H2,1-2H3,(H,12,13,16). The van der Waals surface area contributed by atoms with Gasteiger partial charge in [0.05, 0.1) is 19.8 Å². The number of aryl methyl sites for hydroxylation is 1. The SMILES string of the molecule is CCc1nc(N(C)CCOCCO)cc(=O)[nH]1. The molecule has 0 unspecified atom stereocenters. The van der Waals surface area contributed by atoms with Crippen LogP contribution in [-0.2, 0) is 11.2 Å². The highest BCUT2D eigenvalue weighted by molar-refractivity contribution is 5.36. The lowest BCUT2D eigenvalue weighted by Gasteiger charge is -2.18. The molecule has 0 aliphatic heterocycles. The molecule has 0 aliphatic rings. The van der Waals surface area contributed by atoms with Crippen molar-refractivity contribution in [1.29, 1.82) is 0 Å². The Balaban J connectivity index is 2.58. The van der Waals surface area contributed by atoms with Crippen LogP contribution in [0.2, 0.25) is 0 Å². The summed E-state index contributed by atoms with van der Waals surface area (Å²) in [5, 5.41) is 8.56. The fourth-order valence-corrected chi connectivity index (χ4v) is 1.34. The molecule has 1 rings (SSSR count). The van der Waals surface area contributed by atoms with Crippen molar-refractivity contribution in [3.8, 4) is 0 Å². The number of aliphatic hydroxyl groups excluding tert-OH is 1. The first kappa shape index (κ1) is 13.7. The van der Waals surface area contributed by atoms with E-state index in [2.05, 4.69) is 9.97 Å². The lowest BCUT2D eigenvalue weighted by molar-refractivity contribution is 0.0970. The van der Waals surface area contributed by atoms with Gasteiger partial charge in [0.1, 0.15) is 11.6 Å². The van der Waals surface area contributed by atoms with Crippen LogP contribution >= 0.6 is 0 Å². The minimum absolute atomic E-state index is 0.0208. The molecule has 0 amide bonds. The zero-order valence-corrected chi connectivity index (χ0v) is 10.3. The minimum atomic E-state index is -0.144. The van der Waals surface area contributed by atoms with Crippen LogP contribution in [0.3, 0.4) is 0 Å². The fourth-order valence-electron chi connectivity index (χ4n) is 1.34. The molecule has 1 heterocycles. The minimum Gasteiger partial charge on any atom is -0.394 e. The lowest BCUT2D eigenvalue weighted by Crippen LogP contribution is -2.26. The van der Waals surface area contributed by atoms with E-state index in [-0.39, 0.29) is 12.2 Å². The molecule has 0 fully saturated rings. The van der Waals surface area contributed by atoms with Gasteiger partial charge in [-0.3, -0.25) is 4.79 Å². The smallest absolute Gasteiger partial charge is 0.252 e. The highest BCUT2D eigenvalue weighted by Gasteiger charge is 2.05. The summed E-state index contributed by atoms with van der Waals surface area (Å²) in [7, 11) is 1.85. The summed E-state index contributed by atoms with van der Waals surface area (Å²) in [6, 6.07) is 1.46. The first-order chi connectivity index (χ1) is 8.17. The molecule has 2 N–H and O–H groups in total. The van der Waals surface area contributed by atoms with Gasteiger partial charge in [0.2, 0.25) is 0 Å². The first-order valence-electron chi connectivity index (χ1n) is 5.67. The van der Waals surface area contributed by atoms with Crippen molar-refractivity contribution in [3.05, 3.63) is 22.2 Å². The molecular formula is C11H19N3O3. The van der Waals surface area contributed by atoms with Crippen molar-refractivity contribution in [1.82, 2.24) is 9.97 Å². The number of anilines is 1. The average Bonchev–Trinajstić information content (AvgIpc) is 2.33. The predicted molar refractivity (Wildman–Crippen MR) is 65.4 cm³/mol. The van der Waals surface area contributed by atoms with Gasteiger partial charge >= 0.3 is 0 Å². The Labute approximate surface area is 100 Å². The van der Waals surface area contributed by atoms with Gasteiger partial charge in [-0.15, -0.1) is 0 Å². The average molecular weight is 241 g/mol. The van der Waals surface area contributed by atoms with E-state index < -0.39 is 0 Å². The van der Waals surface area contributed by atoms with Gasteiger partial charge in [0, 0.05) is 26.1 Å².